The van der Waals surface area contributed by atoms with Crippen molar-refractivity contribution in [2.75, 3.05) is 6.61 Å². The number of carbonyl (C=O) groups excluding carboxylic acids is 2. The van der Waals surface area contributed by atoms with Crippen LogP contribution in [0.15, 0.2) is 91.0 Å². The number of rotatable bonds is 7. The van der Waals surface area contributed by atoms with Crippen molar-refractivity contribution in [1.29, 1.82) is 0 Å². The number of imide groups is 1. The van der Waals surface area contributed by atoms with Gasteiger partial charge in [-0.25, -0.2) is 9.69 Å². The van der Waals surface area contributed by atoms with Crippen molar-refractivity contribution in [2.24, 2.45) is 5.92 Å². The van der Waals surface area contributed by atoms with Gasteiger partial charge in [0.1, 0.15) is 6.61 Å². The Morgan fingerprint density at radius 3 is 1.78 bits per heavy atom. The minimum Gasteiger partial charge on any atom is -0.447 e. The zero-order valence-electron chi connectivity index (χ0n) is 18.6. The van der Waals surface area contributed by atoms with E-state index < -0.39 is 6.09 Å². The van der Waals surface area contributed by atoms with Crippen molar-refractivity contribution >= 4 is 12.0 Å². The van der Waals surface area contributed by atoms with Gasteiger partial charge in [-0.3, -0.25) is 4.79 Å². The molecule has 4 nitrogen and oxygen atoms in total. The second-order valence-electron chi connectivity index (χ2n) is 8.67. The standard InChI is InChI=1S/C28H29NO3/c1-20(2)24(21-12-6-3-7-13-21)18-26(30)29-25(19-32-28(29)31)27(22-14-8-4-9-15-22)23-16-10-5-11-17-23/h3-17,20,24-25,27H,18-19H2,1-2H3/t24-,25-/m0/s1. The normalized spacial score (nSPS) is 16.9. The maximum absolute atomic E-state index is 13.5. The number of carbonyl (C=O) groups is 2. The van der Waals surface area contributed by atoms with Gasteiger partial charge in [0, 0.05) is 12.3 Å². The molecular weight excluding hydrogens is 398 g/mol. The van der Waals surface area contributed by atoms with Crippen LogP contribution in [0.5, 0.6) is 0 Å². The van der Waals surface area contributed by atoms with Crippen molar-refractivity contribution in [1.82, 2.24) is 4.90 Å². The molecule has 1 aliphatic rings. The molecule has 4 rings (SSSR count). The van der Waals surface area contributed by atoms with E-state index in [1.807, 2.05) is 78.9 Å². The highest BCUT2D eigenvalue weighted by Gasteiger charge is 2.44. The Bertz CT molecular complexity index is 995. The lowest BCUT2D eigenvalue weighted by Crippen LogP contribution is -2.43. The number of ether oxygens (including phenoxy) is 1. The van der Waals surface area contributed by atoms with E-state index in [0.717, 1.165) is 16.7 Å². The molecule has 0 aromatic heterocycles. The Morgan fingerprint density at radius 1 is 0.844 bits per heavy atom. The zero-order chi connectivity index (χ0) is 22.5. The number of benzene rings is 3. The number of cyclic esters (lactones) is 1. The molecule has 2 atom stereocenters. The number of hydrogen-bond donors (Lipinski definition) is 0. The van der Waals surface area contributed by atoms with Gasteiger partial charge in [-0.1, -0.05) is 105 Å². The molecule has 3 aromatic carbocycles. The molecule has 164 valence electrons. The van der Waals surface area contributed by atoms with Crippen LogP contribution in [0.2, 0.25) is 0 Å². The van der Waals surface area contributed by atoms with Crippen molar-refractivity contribution in [3.8, 4) is 0 Å². The minimum absolute atomic E-state index is 0.0321. The van der Waals surface area contributed by atoms with E-state index in [9.17, 15) is 9.59 Å². The number of nitrogens with zero attached hydrogens (tertiary/aromatic N) is 1. The quantitative estimate of drug-likeness (QED) is 0.465. The Hall–Kier alpha value is -3.40. The van der Waals surface area contributed by atoms with Crippen LogP contribution in [0, 0.1) is 5.92 Å². The molecule has 0 N–H and O–H groups in total. The van der Waals surface area contributed by atoms with Crippen LogP contribution in [-0.2, 0) is 9.53 Å². The average Bonchev–Trinajstić information content (AvgIpc) is 3.20. The monoisotopic (exact) mass is 427 g/mol. The van der Waals surface area contributed by atoms with Gasteiger partial charge in [-0.2, -0.15) is 0 Å². The summed E-state index contributed by atoms with van der Waals surface area (Å²) in [5.41, 5.74) is 3.23. The molecule has 0 aliphatic carbocycles. The number of hydrogen-bond acceptors (Lipinski definition) is 3. The van der Waals surface area contributed by atoms with Crippen molar-refractivity contribution in [2.45, 2.75) is 38.1 Å². The first kappa shape index (κ1) is 21.8. The van der Waals surface area contributed by atoms with Crippen molar-refractivity contribution in [3.63, 3.8) is 0 Å². The van der Waals surface area contributed by atoms with Gasteiger partial charge in [0.15, 0.2) is 0 Å². The molecule has 4 heteroatoms. The Labute approximate surface area is 189 Å². The van der Waals surface area contributed by atoms with Crippen LogP contribution in [0.3, 0.4) is 0 Å². The number of amides is 2. The molecule has 1 fully saturated rings. The first-order chi connectivity index (χ1) is 15.6. The predicted molar refractivity (Wildman–Crippen MR) is 125 cm³/mol. The molecular formula is C28H29NO3. The van der Waals surface area contributed by atoms with E-state index in [4.69, 9.17) is 4.74 Å². The van der Waals surface area contributed by atoms with Gasteiger partial charge in [0.25, 0.3) is 0 Å². The minimum atomic E-state index is -0.549. The summed E-state index contributed by atoms with van der Waals surface area (Å²) in [7, 11) is 0. The highest BCUT2D eigenvalue weighted by molar-refractivity contribution is 5.94. The van der Waals surface area contributed by atoms with Gasteiger partial charge in [0.05, 0.1) is 6.04 Å². The first-order valence-electron chi connectivity index (χ1n) is 11.2. The molecule has 32 heavy (non-hydrogen) atoms. The maximum atomic E-state index is 13.5. The molecule has 0 unspecified atom stereocenters. The summed E-state index contributed by atoms with van der Waals surface area (Å²) < 4.78 is 5.44. The maximum Gasteiger partial charge on any atom is 0.417 e. The second kappa shape index (κ2) is 9.82. The molecule has 1 aliphatic heterocycles. The van der Waals surface area contributed by atoms with E-state index in [0.29, 0.717) is 0 Å². The van der Waals surface area contributed by atoms with Crippen LogP contribution >= 0.6 is 0 Å². The lowest BCUT2D eigenvalue weighted by molar-refractivity contribution is -0.130. The van der Waals surface area contributed by atoms with Gasteiger partial charge in [0.2, 0.25) is 5.91 Å². The van der Waals surface area contributed by atoms with Gasteiger partial charge >= 0.3 is 6.09 Å². The average molecular weight is 428 g/mol. The summed E-state index contributed by atoms with van der Waals surface area (Å²) >= 11 is 0. The Balaban J connectivity index is 1.66. The van der Waals surface area contributed by atoms with Crippen LogP contribution in [0.1, 0.15) is 48.8 Å². The zero-order valence-corrected chi connectivity index (χ0v) is 18.6. The fraction of sp³-hybridized carbons (Fsp3) is 0.286. The molecule has 1 heterocycles. The summed E-state index contributed by atoms with van der Waals surface area (Å²) in [5, 5.41) is 0. The molecule has 1 saturated heterocycles. The van der Waals surface area contributed by atoms with Gasteiger partial charge in [-0.15, -0.1) is 0 Å². The smallest absolute Gasteiger partial charge is 0.417 e. The lowest BCUT2D eigenvalue weighted by Gasteiger charge is -2.30. The van der Waals surface area contributed by atoms with Crippen molar-refractivity contribution < 1.29 is 14.3 Å². The molecule has 2 amide bonds. The summed E-state index contributed by atoms with van der Waals surface area (Å²) in [4.78, 5) is 27.7. The molecule has 3 aromatic rings. The summed E-state index contributed by atoms with van der Waals surface area (Å²) in [6.07, 6.45) is -0.281. The lowest BCUT2D eigenvalue weighted by atomic mass is 9.83. The highest BCUT2D eigenvalue weighted by Crippen LogP contribution is 2.36. The summed E-state index contributed by atoms with van der Waals surface area (Å²) in [6.45, 7) is 4.42. The van der Waals surface area contributed by atoms with Crippen LogP contribution < -0.4 is 0 Å². The molecule has 0 radical (unpaired) electrons. The topological polar surface area (TPSA) is 46.6 Å². The predicted octanol–water partition coefficient (Wildman–Crippen LogP) is 6.00. The molecule has 0 spiro atoms. The third-order valence-electron chi connectivity index (χ3n) is 6.30. The van der Waals surface area contributed by atoms with E-state index in [1.165, 1.54) is 4.90 Å². The van der Waals surface area contributed by atoms with E-state index in [-0.39, 0.29) is 42.7 Å². The first-order valence-corrected chi connectivity index (χ1v) is 11.2. The molecule has 0 bridgehead atoms. The Morgan fingerprint density at radius 2 is 1.31 bits per heavy atom. The van der Waals surface area contributed by atoms with Crippen LogP contribution in [-0.4, -0.2) is 29.5 Å². The van der Waals surface area contributed by atoms with Gasteiger partial charge in [-0.05, 0) is 28.5 Å². The third kappa shape index (κ3) is 4.59. The van der Waals surface area contributed by atoms with E-state index in [1.54, 1.807) is 0 Å². The fourth-order valence-corrected chi connectivity index (χ4v) is 4.65. The Kier molecular flexibility index (Phi) is 6.69. The van der Waals surface area contributed by atoms with Crippen LogP contribution in [0.4, 0.5) is 4.79 Å². The second-order valence-corrected chi connectivity index (χ2v) is 8.67. The van der Waals surface area contributed by atoms with E-state index in [2.05, 4.69) is 26.0 Å². The third-order valence-corrected chi connectivity index (χ3v) is 6.30. The van der Waals surface area contributed by atoms with Gasteiger partial charge < -0.3 is 4.74 Å². The molecule has 0 saturated carbocycles. The highest BCUT2D eigenvalue weighted by atomic mass is 16.6. The van der Waals surface area contributed by atoms with Crippen molar-refractivity contribution in [3.05, 3.63) is 108 Å². The largest absolute Gasteiger partial charge is 0.447 e. The fourth-order valence-electron chi connectivity index (χ4n) is 4.65. The van der Waals surface area contributed by atoms with E-state index >= 15 is 0 Å². The summed E-state index contributed by atoms with van der Waals surface area (Å²) in [5.74, 6) is -0.0407. The SMILES string of the molecule is CC(C)[C@H](CC(=O)N1C(=O)OC[C@H]1C(c1ccccc1)c1ccccc1)c1ccccc1. The van der Waals surface area contributed by atoms with Crippen LogP contribution in [0.25, 0.3) is 0 Å². The summed E-state index contributed by atoms with van der Waals surface area (Å²) in [6, 6.07) is 29.7.